The minimum Gasteiger partial charge on any atom is -0.450 e. The van der Waals surface area contributed by atoms with E-state index >= 15 is 0 Å². The van der Waals surface area contributed by atoms with Crippen molar-refractivity contribution in [1.82, 2.24) is 4.98 Å². The van der Waals surface area contributed by atoms with Gasteiger partial charge in [-0.15, -0.1) is 11.3 Å². The molecule has 0 unspecified atom stereocenters. The molecule has 1 rings (SSSR count). The van der Waals surface area contributed by atoms with E-state index < -0.39 is 6.09 Å². The maximum Gasteiger partial charge on any atom is 0.413 e. The average Bonchev–Trinajstić information content (AvgIpc) is 2.52. The van der Waals surface area contributed by atoms with Crippen LogP contribution in [0.5, 0.6) is 0 Å². The van der Waals surface area contributed by atoms with Gasteiger partial charge < -0.3 is 4.74 Å². The van der Waals surface area contributed by atoms with Crippen molar-refractivity contribution in [3.63, 3.8) is 0 Å². The molecule has 1 aromatic heterocycles. The van der Waals surface area contributed by atoms with Gasteiger partial charge in [0.05, 0.1) is 6.61 Å². The highest BCUT2D eigenvalue weighted by Gasteiger charge is 2.05. The van der Waals surface area contributed by atoms with Crippen LogP contribution in [-0.4, -0.2) is 24.0 Å². The maximum atomic E-state index is 10.9. The van der Waals surface area contributed by atoms with E-state index in [4.69, 9.17) is 0 Å². The normalized spacial score (nSPS) is 9.31. The highest BCUT2D eigenvalue weighted by atomic mass is 32.1. The molecule has 0 aliphatic carbocycles. The van der Waals surface area contributed by atoms with Gasteiger partial charge in [-0.25, -0.2) is 9.78 Å². The molecular formula is C7H8N2O3S. The Hall–Kier alpha value is -1.43. The lowest BCUT2D eigenvalue weighted by Gasteiger charge is -1.99. The second-order valence-corrected chi connectivity index (χ2v) is 2.90. The molecule has 0 saturated carbocycles. The Balaban J connectivity index is 2.53. The number of nitrogens with zero attached hydrogens (tertiary/aromatic N) is 1. The molecule has 1 amide bonds. The van der Waals surface area contributed by atoms with Crippen LogP contribution in [0.25, 0.3) is 0 Å². The van der Waals surface area contributed by atoms with Crippen LogP contribution in [0.15, 0.2) is 5.38 Å². The zero-order chi connectivity index (χ0) is 9.68. The molecule has 0 aromatic carbocycles. The first-order chi connectivity index (χ1) is 6.26. The van der Waals surface area contributed by atoms with Crippen molar-refractivity contribution < 1.29 is 14.3 Å². The predicted molar refractivity (Wildman–Crippen MR) is 48.1 cm³/mol. The summed E-state index contributed by atoms with van der Waals surface area (Å²) in [4.78, 5) is 24.9. The Morgan fingerprint density at radius 1 is 1.85 bits per heavy atom. The van der Waals surface area contributed by atoms with E-state index in [-0.39, 0.29) is 0 Å². The van der Waals surface area contributed by atoms with Gasteiger partial charge in [0.2, 0.25) is 0 Å². The lowest BCUT2D eigenvalue weighted by atomic mass is 10.6. The van der Waals surface area contributed by atoms with Crippen molar-refractivity contribution in [3.05, 3.63) is 11.1 Å². The topological polar surface area (TPSA) is 68.3 Å². The van der Waals surface area contributed by atoms with E-state index in [1.807, 2.05) is 0 Å². The second-order valence-electron chi connectivity index (χ2n) is 2.04. The molecule has 70 valence electrons. The molecule has 0 saturated heterocycles. The van der Waals surface area contributed by atoms with E-state index in [1.54, 1.807) is 12.3 Å². The minimum atomic E-state index is -0.561. The summed E-state index contributed by atoms with van der Waals surface area (Å²) < 4.78 is 4.62. The van der Waals surface area contributed by atoms with Crippen LogP contribution in [0.1, 0.15) is 17.4 Å². The molecule has 13 heavy (non-hydrogen) atoms. The average molecular weight is 200 g/mol. The van der Waals surface area contributed by atoms with Gasteiger partial charge in [0.1, 0.15) is 5.69 Å². The third-order valence-corrected chi connectivity index (χ3v) is 1.90. The summed E-state index contributed by atoms with van der Waals surface area (Å²) >= 11 is 1.17. The van der Waals surface area contributed by atoms with Gasteiger partial charge in [0.25, 0.3) is 0 Å². The fourth-order valence-corrected chi connectivity index (χ4v) is 1.29. The quantitative estimate of drug-likeness (QED) is 0.751. The van der Waals surface area contributed by atoms with Crippen LogP contribution in [0.4, 0.5) is 9.93 Å². The molecule has 0 aliphatic rings. The number of hydrogen-bond acceptors (Lipinski definition) is 5. The van der Waals surface area contributed by atoms with Gasteiger partial charge in [-0.3, -0.25) is 10.1 Å². The third-order valence-electron chi connectivity index (χ3n) is 1.13. The first kappa shape index (κ1) is 9.66. The number of carbonyl (C=O) groups is 2. The summed E-state index contributed by atoms with van der Waals surface area (Å²) in [5.41, 5.74) is 0.303. The zero-order valence-corrected chi connectivity index (χ0v) is 7.76. The van der Waals surface area contributed by atoms with Crippen LogP contribution in [0, 0.1) is 0 Å². The van der Waals surface area contributed by atoms with Crippen molar-refractivity contribution in [2.24, 2.45) is 0 Å². The lowest BCUT2D eigenvalue weighted by molar-refractivity contribution is 0.111. The molecule has 0 aliphatic heterocycles. The van der Waals surface area contributed by atoms with E-state index in [2.05, 4.69) is 15.0 Å². The lowest BCUT2D eigenvalue weighted by Crippen LogP contribution is -2.12. The molecule has 5 nitrogen and oxygen atoms in total. The number of rotatable bonds is 3. The predicted octanol–water partition coefficient (Wildman–Crippen LogP) is 1.52. The number of aromatic nitrogens is 1. The van der Waals surface area contributed by atoms with Gasteiger partial charge in [0.15, 0.2) is 11.4 Å². The molecular weight excluding hydrogens is 192 g/mol. The van der Waals surface area contributed by atoms with Crippen molar-refractivity contribution in [2.75, 3.05) is 11.9 Å². The third kappa shape index (κ3) is 2.83. The number of anilines is 1. The summed E-state index contributed by atoms with van der Waals surface area (Å²) in [6, 6.07) is 0. The number of carbonyl (C=O) groups excluding carboxylic acids is 2. The number of amides is 1. The summed E-state index contributed by atoms with van der Waals surface area (Å²) in [5, 5.41) is 4.30. The Morgan fingerprint density at radius 2 is 2.62 bits per heavy atom. The van der Waals surface area contributed by atoms with E-state index in [0.717, 1.165) is 0 Å². The fraction of sp³-hybridized carbons (Fsp3) is 0.286. The van der Waals surface area contributed by atoms with Crippen molar-refractivity contribution in [1.29, 1.82) is 0 Å². The highest BCUT2D eigenvalue weighted by molar-refractivity contribution is 7.14. The van der Waals surface area contributed by atoms with Crippen LogP contribution in [0.2, 0.25) is 0 Å². The fourth-order valence-electron chi connectivity index (χ4n) is 0.652. The van der Waals surface area contributed by atoms with E-state index in [1.165, 1.54) is 11.3 Å². The maximum absolute atomic E-state index is 10.9. The van der Waals surface area contributed by atoms with E-state index in [9.17, 15) is 9.59 Å². The Bertz CT molecular complexity index is 310. The molecule has 1 aromatic rings. The zero-order valence-electron chi connectivity index (χ0n) is 6.94. The number of aldehydes is 1. The first-order valence-electron chi connectivity index (χ1n) is 3.60. The molecule has 0 atom stereocenters. The molecule has 1 N–H and O–H groups in total. The van der Waals surface area contributed by atoms with Crippen LogP contribution < -0.4 is 5.32 Å². The monoisotopic (exact) mass is 200 g/mol. The molecule has 0 fully saturated rings. The molecule has 0 spiro atoms. The summed E-state index contributed by atoms with van der Waals surface area (Å²) in [6.07, 6.45) is 0.0571. The Morgan fingerprint density at radius 3 is 3.15 bits per heavy atom. The smallest absolute Gasteiger partial charge is 0.413 e. The summed E-state index contributed by atoms with van der Waals surface area (Å²) in [6.45, 7) is 2.01. The molecule has 6 heteroatoms. The van der Waals surface area contributed by atoms with Gasteiger partial charge in [0, 0.05) is 5.38 Å². The number of thiazole rings is 1. The first-order valence-corrected chi connectivity index (χ1v) is 4.48. The number of hydrogen-bond donors (Lipinski definition) is 1. The van der Waals surface area contributed by atoms with Crippen molar-refractivity contribution in [3.8, 4) is 0 Å². The summed E-state index contributed by atoms with van der Waals surface area (Å²) in [5.74, 6) is 0. The van der Waals surface area contributed by atoms with Crippen LogP contribution in [-0.2, 0) is 4.74 Å². The van der Waals surface area contributed by atoms with Crippen molar-refractivity contribution in [2.45, 2.75) is 6.92 Å². The van der Waals surface area contributed by atoms with Crippen LogP contribution >= 0.6 is 11.3 Å². The standard InChI is InChI=1S/C7H8N2O3S/c1-2-12-7(11)9-6-8-5(3-10)4-13-6/h3-4H,2H2,1H3,(H,8,9,11). The molecule has 1 heterocycles. The van der Waals surface area contributed by atoms with Gasteiger partial charge in [-0.2, -0.15) is 0 Å². The van der Waals surface area contributed by atoms with E-state index in [0.29, 0.717) is 23.7 Å². The highest BCUT2D eigenvalue weighted by Crippen LogP contribution is 2.13. The van der Waals surface area contributed by atoms with Crippen molar-refractivity contribution >= 4 is 28.8 Å². The molecule has 0 radical (unpaired) electrons. The summed E-state index contributed by atoms with van der Waals surface area (Å²) in [7, 11) is 0. The minimum absolute atomic E-state index is 0.303. The Kier molecular flexibility index (Phi) is 3.39. The number of ether oxygens (including phenoxy) is 1. The van der Waals surface area contributed by atoms with Gasteiger partial charge >= 0.3 is 6.09 Å². The molecule has 0 bridgehead atoms. The van der Waals surface area contributed by atoms with Gasteiger partial charge in [-0.05, 0) is 6.92 Å². The second kappa shape index (κ2) is 4.56. The Labute approximate surface area is 78.7 Å². The SMILES string of the molecule is CCOC(=O)Nc1nc(C=O)cs1. The van der Waals surface area contributed by atoms with Crippen LogP contribution in [0.3, 0.4) is 0 Å². The largest absolute Gasteiger partial charge is 0.450 e. The number of nitrogens with one attached hydrogen (secondary N) is 1. The van der Waals surface area contributed by atoms with Gasteiger partial charge in [-0.1, -0.05) is 0 Å².